The molecule has 0 aliphatic carbocycles. The van der Waals surface area contributed by atoms with Crippen molar-refractivity contribution in [3.8, 4) is 11.4 Å². The number of para-hydroxylation sites is 2. The van der Waals surface area contributed by atoms with E-state index < -0.39 is 16.9 Å². The Kier molecular flexibility index (Phi) is 2.70. The van der Waals surface area contributed by atoms with Crippen molar-refractivity contribution in [1.29, 1.82) is 0 Å². The van der Waals surface area contributed by atoms with Crippen molar-refractivity contribution < 1.29 is 13.7 Å². The fourth-order valence-corrected chi connectivity index (χ4v) is 4.00. The Hall–Kier alpha value is -3.26. The largest absolute Gasteiger partial charge is 0.316 e. The summed E-state index contributed by atoms with van der Waals surface area (Å²) in [5, 5.41) is 0.453. The lowest BCUT2D eigenvalue weighted by atomic mass is 9.87. The Balaban J connectivity index is 1.85. The van der Waals surface area contributed by atoms with Gasteiger partial charge in [-0.25, -0.2) is 0 Å². The molecule has 0 radical (unpaired) electrons. The van der Waals surface area contributed by atoms with Crippen molar-refractivity contribution in [2.75, 3.05) is 0 Å². The zero-order valence-corrected chi connectivity index (χ0v) is 19.2. The van der Waals surface area contributed by atoms with Crippen molar-refractivity contribution in [1.82, 2.24) is 9.13 Å². The zero-order valence-electron chi connectivity index (χ0n) is 29.2. The van der Waals surface area contributed by atoms with Crippen LogP contribution in [0.15, 0.2) is 84.8 Å². The second-order valence-electron chi connectivity index (χ2n) is 10.1. The van der Waals surface area contributed by atoms with Gasteiger partial charge in [0, 0.05) is 39.4 Å². The second-order valence-corrected chi connectivity index (χ2v) is 10.1. The van der Waals surface area contributed by atoms with E-state index in [0.29, 0.717) is 28.0 Å². The SMILES string of the molecule is [2H]c1c([2H])c([2H])c2c(c1[2H])c(C(C)(C)C)c([2H])n2-c1ccc(-n2c(C(C)(C)C)c([2H])c3c([2H])c([2H])c([2H])c([2H])c32)cc1. The summed E-state index contributed by atoms with van der Waals surface area (Å²) in [6, 6.07) is 4.49. The highest BCUT2D eigenvalue weighted by atomic mass is 15.0. The minimum absolute atomic E-state index is 0.0317. The molecule has 2 nitrogen and oxygen atoms in total. The van der Waals surface area contributed by atoms with E-state index in [2.05, 4.69) is 0 Å². The lowest BCUT2D eigenvalue weighted by Crippen LogP contribution is -2.16. The molecule has 2 aromatic heterocycles. The van der Waals surface area contributed by atoms with E-state index in [0.717, 1.165) is 0 Å². The maximum Gasteiger partial charge on any atom is 0.0826 e. The lowest BCUT2D eigenvalue weighted by Gasteiger charge is -2.22. The molecule has 5 aromatic rings. The van der Waals surface area contributed by atoms with Crippen molar-refractivity contribution >= 4 is 21.8 Å². The summed E-state index contributed by atoms with van der Waals surface area (Å²) in [5.41, 5.74) is 1.33. The molecule has 0 fully saturated rings. The van der Waals surface area contributed by atoms with E-state index in [1.165, 1.54) is 4.57 Å². The first-order chi connectivity index (χ1) is 19.3. The van der Waals surface area contributed by atoms with Gasteiger partial charge in [-0.3, -0.25) is 0 Å². The molecular formula is C30H32N2. The average Bonchev–Trinajstić information content (AvgIpc) is 3.40. The van der Waals surface area contributed by atoms with Crippen LogP contribution < -0.4 is 0 Å². The van der Waals surface area contributed by atoms with Gasteiger partial charge in [-0.05, 0) is 53.4 Å². The number of aromatic nitrogens is 2. The zero-order chi connectivity index (χ0) is 31.4. The van der Waals surface area contributed by atoms with Crippen LogP contribution in [0, 0.1) is 0 Å². The Morgan fingerprint density at radius 3 is 1.94 bits per heavy atom. The summed E-state index contributed by atoms with van der Waals surface area (Å²) in [4.78, 5) is 0. The van der Waals surface area contributed by atoms with Crippen LogP contribution in [0.4, 0.5) is 0 Å². The summed E-state index contributed by atoms with van der Waals surface area (Å²) in [5.74, 6) is 0. The molecule has 0 aliphatic rings. The molecule has 0 saturated carbocycles. The lowest BCUT2D eigenvalue weighted by molar-refractivity contribution is 0.559. The van der Waals surface area contributed by atoms with Crippen molar-refractivity contribution in [2.24, 2.45) is 0 Å². The molecule has 0 unspecified atom stereocenters. The standard InChI is InChI=1S/C30H32N2/c1-29(2,3)25-20-31(27-14-10-8-12-24(25)27)22-15-17-23(18-16-22)32-26-13-9-7-11-21(26)19-28(32)30(4,5)6/h7-20H,1-6H3/i7D,8D,9D,10D,11D,12D,13D,14D,19D,20D. The first-order valence-corrected chi connectivity index (χ1v) is 10.7. The highest BCUT2D eigenvalue weighted by Crippen LogP contribution is 2.35. The Morgan fingerprint density at radius 2 is 1.28 bits per heavy atom. The Bertz CT molecular complexity index is 1940. The molecular weight excluding hydrogens is 388 g/mol. The van der Waals surface area contributed by atoms with Gasteiger partial charge in [0.15, 0.2) is 0 Å². The molecule has 0 amide bonds. The fourth-order valence-electron chi connectivity index (χ4n) is 4.00. The minimum Gasteiger partial charge on any atom is -0.316 e. The van der Waals surface area contributed by atoms with E-state index in [4.69, 9.17) is 13.7 Å². The third kappa shape index (κ3) is 3.35. The third-order valence-electron chi connectivity index (χ3n) is 5.55. The maximum absolute atomic E-state index is 9.10. The maximum atomic E-state index is 9.10. The summed E-state index contributed by atoms with van der Waals surface area (Å²) in [7, 11) is 0. The third-order valence-corrected chi connectivity index (χ3v) is 5.55. The predicted octanol–water partition coefficient (Wildman–Crippen LogP) is 8.17. The molecule has 5 rings (SSSR count). The van der Waals surface area contributed by atoms with Crippen molar-refractivity contribution in [2.45, 2.75) is 52.4 Å². The molecule has 162 valence electrons. The number of rotatable bonds is 2. The van der Waals surface area contributed by atoms with Crippen LogP contribution in [0.25, 0.3) is 33.2 Å². The Labute approximate surface area is 205 Å². The molecule has 0 aliphatic heterocycles. The number of hydrogen-bond acceptors (Lipinski definition) is 0. The van der Waals surface area contributed by atoms with Crippen LogP contribution in [0.2, 0.25) is 0 Å². The van der Waals surface area contributed by atoms with Crippen LogP contribution in [0.5, 0.6) is 0 Å². The van der Waals surface area contributed by atoms with Crippen LogP contribution in [0.3, 0.4) is 0 Å². The van der Waals surface area contributed by atoms with Crippen LogP contribution in [-0.4, -0.2) is 9.13 Å². The molecule has 2 heterocycles. The molecule has 0 saturated heterocycles. The van der Waals surface area contributed by atoms with Crippen molar-refractivity contribution in [3.05, 3.63) is 96.1 Å². The highest BCUT2D eigenvalue weighted by molar-refractivity contribution is 5.87. The van der Waals surface area contributed by atoms with Gasteiger partial charge >= 0.3 is 0 Å². The van der Waals surface area contributed by atoms with Gasteiger partial charge in [0.05, 0.1) is 24.7 Å². The number of benzene rings is 3. The summed E-state index contributed by atoms with van der Waals surface area (Å²) < 4.78 is 88.7. The van der Waals surface area contributed by atoms with E-state index in [1.54, 1.807) is 28.8 Å². The quantitative estimate of drug-likeness (QED) is 0.267. The first-order valence-electron chi connectivity index (χ1n) is 15.7. The van der Waals surface area contributed by atoms with Gasteiger partial charge in [0.25, 0.3) is 0 Å². The number of nitrogens with zero attached hydrogens (tertiary/aromatic N) is 2. The van der Waals surface area contributed by atoms with E-state index in [9.17, 15) is 0 Å². The minimum atomic E-state index is -0.590. The topological polar surface area (TPSA) is 9.86 Å². The van der Waals surface area contributed by atoms with E-state index in [1.807, 2.05) is 41.5 Å². The van der Waals surface area contributed by atoms with Gasteiger partial charge in [0.2, 0.25) is 0 Å². The number of hydrogen-bond donors (Lipinski definition) is 0. The normalized spacial score (nSPS) is 17.1. The van der Waals surface area contributed by atoms with Crippen molar-refractivity contribution in [3.63, 3.8) is 0 Å². The second kappa shape index (κ2) is 7.13. The van der Waals surface area contributed by atoms with Crippen LogP contribution in [0.1, 0.15) is 66.5 Å². The molecule has 0 N–H and O–H groups in total. The summed E-state index contributed by atoms with van der Waals surface area (Å²) >= 11 is 0. The van der Waals surface area contributed by atoms with E-state index in [-0.39, 0.29) is 70.9 Å². The van der Waals surface area contributed by atoms with Gasteiger partial charge in [0.1, 0.15) is 0 Å². The van der Waals surface area contributed by atoms with Crippen LogP contribution in [-0.2, 0) is 10.8 Å². The molecule has 3 aromatic carbocycles. The average molecular weight is 431 g/mol. The van der Waals surface area contributed by atoms with Gasteiger partial charge in [-0.2, -0.15) is 0 Å². The highest BCUT2D eigenvalue weighted by Gasteiger charge is 2.23. The molecule has 0 atom stereocenters. The Morgan fingerprint density at radius 1 is 0.688 bits per heavy atom. The van der Waals surface area contributed by atoms with E-state index >= 15 is 0 Å². The van der Waals surface area contributed by atoms with Gasteiger partial charge in [-0.1, -0.05) is 77.8 Å². The fraction of sp³-hybridized carbons (Fsp3) is 0.267. The monoisotopic (exact) mass is 430 g/mol. The molecule has 2 heteroatoms. The number of fused-ring (bicyclic) bond motifs is 2. The molecule has 0 bridgehead atoms. The first kappa shape index (κ1) is 12.1. The van der Waals surface area contributed by atoms with Crippen LogP contribution >= 0.6 is 0 Å². The van der Waals surface area contributed by atoms with Gasteiger partial charge < -0.3 is 9.13 Å². The summed E-state index contributed by atoms with van der Waals surface area (Å²) in [6.45, 7) is 11.5. The predicted molar refractivity (Wildman–Crippen MR) is 138 cm³/mol. The smallest absolute Gasteiger partial charge is 0.0826 e. The van der Waals surface area contributed by atoms with Gasteiger partial charge in [-0.15, -0.1) is 0 Å². The summed E-state index contributed by atoms with van der Waals surface area (Å²) in [6.07, 6.45) is 0.0570. The molecule has 0 spiro atoms. The molecule has 32 heavy (non-hydrogen) atoms.